The van der Waals surface area contributed by atoms with E-state index in [1.807, 2.05) is 25.1 Å². The van der Waals surface area contributed by atoms with Crippen molar-refractivity contribution in [2.45, 2.75) is 32.4 Å². The average Bonchev–Trinajstić information content (AvgIpc) is 2.65. The number of aliphatic hydroxyl groups is 1. The first kappa shape index (κ1) is 19.5. The van der Waals surface area contributed by atoms with Crippen molar-refractivity contribution in [2.75, 3.05) is 32.5 Å². The van der Waals surface area contributed by atoms with Gasteiger partial charge in [-0.2, -0.15) is 0 Å². The highest BCUT2D eigenvalue weighted by Gasteiger charge is 2.28. The van der Waals surface area contributed by atoms with E-state index in [1.54, 1.807) is 7.11 Å². The molecule has 2 unspecified atom stereocenters. The van der Waals surface area contributed by atoms with Crippen LogP contribution in [-0.4, -0.2) is 42.9 Å². The van der Waals surface area contributed by atoms with Crippen molar-refractivity contribution in [1.82, 2.24) is 4.90 Å². The molecule has 1 saturated heterocycles. The highest BCUT2D eigenvalue weighted by molar-refractivity contribution is 5.62. The molecule has 1 aliphatic heterocycles. The Bertz CT molecular complexity index is 736. The van der Waals surface area contributed by atoms with Crippen molar-refractivity contribution in [2.24, 2.45) is 5.92 Å². The van der Waals surface area contributed by atoms with Gasteiger partial charge in [-0.25, -0.2) is 0 Å². The number of hydrogen-bond donors (Lipinski definition) is 2. The lowest BCUT2D eigenvalue weighted by atomic mass is 9.88. The van der Waals surface area contributed by atoms with E-state index in [2.05, 4.69) is 29.2 Å². The van der Waals surface area contributed by atoms with Gasteiger partial charge in [0, 0.05) is 25.6 Å². The van der Waals surface area contributed by atoms with Crippen LogP contribution >= 0.6 is 0 Å². The van der Waals surface area contributed by atoms with Crippen LogP contribution in [0, 0.1) is 5.92 Å². The van der Waals surface area contributed by atoms with E-state index in [9.17, 15) is 5.11 Å². The molecule has 5 nitrogen and oxygen atoms in total. The Morgan fingerprint density at radius 1 is 1.19 bits per heavy atom. The summed E-state index contributed by atoms with van der Waals surface area (Å²) in [6, 6.07) is 14.4. The Balaban J connectivity index is 1.71. The number of methoxy groups -OCH3 is 1. The zero-order chi connectivity index (χ0) is 19.2. The molecule has 0 bridgehead atoms. The van der Waals surface area contributed by atoms with E-state index in [1.165, 1.54) is 5.56 Å². The molecule has 0 spiro atoms. The molecule has 0 saturated carbocycles. The van der Waals surface area contributed by atoms with Gasteiger partial charge in [-0.05, 0) is 43.0 Å². The molecular weight excluding hydrogens is 340 g/mol. The molecular formula is C22H30N2O3. The summed E-state index contributed by atoms with van der Waals surface area (Å²) in [5.74, 6) is 1.42. The van der Waals surface area contributed by atoms with Crippen LogP contribution in [0.1, 0.15) is 24.5 Å². The normalized spacial score (nSPS) is 20.4. The summed E-state index contributed by atoms with van der Waals surface area (Å²) in [6.45, 7) is 5.19. The first-order valence-corrected chi connectivity index (χ1v) is 9.64. The molecule has 1 fully saturated rings. The van der Waals surface area contributed by atoms with Crippen molar-refractivity contribution >= 4 is 5.69 Å². The maximum absolute atomic E-state index is 10.5. The van der Waals surface area contributed by atoms with Crippen LogP contribution in [0.2, 0.25) is 0 Å². The minimum atomic E-state index is -0.295. The van der Waals surface area contributed by atoms with E-state index in [0.29, 0.717) is 23.8 Å². The number of nitrogen functional groups attached to an aromatic ring is 1. The van der Waals surface area contributed by atoms with Gasteiger partial charge in [0.15, 0.2) is 11.5 Å². The fourth-order valence-electron chi connectivity index (χ4n) is 3.87. The zero-order valence-corrected chi connectivity index (χ0v) is 16.2. The zero-order valence-electron chi connectivity index (χ0n) is 16.2. The second-order valence-corrected chi connectivity index (χ2v) is 7.19. The van der Waals surface area contributed by atoms with E-state index >= 15 is 0 Å². The van der Waals surface area contributed by atoms with Gasteiger partial charge >= 0.3 is 0 Å². The second kappa shape index (κ2) is 9.11. The third-order valence-corrected chi connectivity index (χ3v) is 5.17. The number of ether oxygens (including phenoxy) is 2. The summed E-state index contributed by atoms with van der Waals surface area (Å²) >= 11 is 0. The minimum absolute atomic E-state index is 0.171. The number of benzene rings is 2. The maximum Gasteiger partial charge on any atom is 0.183 e. The maximum atomic E-state index is 10.5. The summed E-state index contributed by atoms with van der Waals surface area (Å²) in [5, 5.41) is 10.5. The number of aliphatic hydroxyl groups excluding tert-OH is 1. The lowest BCUT2D eigenvalue weighted by Crippen LogP contribution is -2.43. The molecule has 1 heterocycles. The van der Waals surface area contributed by atoms with E-state index in [0.717, 1.165) is 38.0 Å². The van der Waals surface area contributed by atoms with Crippen LogP contribution < -0.4 is 15.2 Å². The van der Waals surface area contributed by atoms with E-state index in [-0.39, 0.29) is 12.0 Å². The third-order valence-electron chi connectivity index (χ3n) is 5.17. The molecule has 3 rings (SSSR count). The van der Waals surface area contributed by atoms with Crippen LogP contribution in [0.4, 0.5) is 5.69 Å². The number of nitrogens with zero attached hydrogens (tertiary/aromatic N) is 1. The standard InChI is InChI=1S/C22H30N2O3/c1-3-27-21-13-17(12-19(23)22(21)26-2)11-18-15-24(10-9-20(18)25)14-16-7-5-4-6-8-16/h4-8,12-13,18,20,25H,3,9-11,14-15,23H2,1-2H3. The Kier molecular flexibility index (Phi) is 6.58. The molecule has 2 atom stereocenters. The van der Waals surface area contributed by atoms with Crippen molar-refractivity contribution < 1.29 is 14.6 Å². The van der Waals surface area contributed by atoms with Crippen molar-refractivity contribution in [3.05, 3.63) is 53.6 Å². The van der Waals surface area contributed by atoms with Gasteiger partial charge in [-0.15, -0.1) is 0 Å². The van der Waals surface area contributed by atoms with Crippen LogP contribution in [-0.2, 0) is 13.0 Å². The lowest BCUT2D eigenvalue weighted by molar-refractivity contribution is 0.0239. The quantitative estimate of drug-likeness (QED) is 0.733. The summed E-state index contributed by atoms with van der Waals surface area (Å²) in [6.07, 6.45) is 1.26. The molecule has 1 aliphatic rings. The number of hydrogen-bond acceptors (Lipinski definition) is 5. The van der Waals surface area contributed by atoms with Gasteiger partial charge in [-0.1, -0.05) is 30.3 Å². The molecule has 0 radical (unpaired) electrons. The average molecular weight is 370 g/mol. The number of anilines is 1. The number of likely N-dealkylation sites (tertiary alicyclic amines) is 1. The fourth-order valence-corrected chi connectivity index (χ4v) is 3.87. The van der Waals surface area contributed by atoms with Crippen molar-refractivity contribution in [1.29, 1.82) is 0 Å². The van der Waals surface area contributed by atoms with Gasteiger partial charge in [0.1, 0.15) is 0 Å². The van der Waals surface area contributed by atoms with Crippen molar-refractivity contribution in [3.8, 4) is 11.5 Å². The molecule has 2 aromatic carbocycles. The summed E-state index contributed by atoms with van der Waals surface area (Å²) in [7, 11) is 1.60. The Morgan fingerprint density at radius 2 is 1.96 bits per heavy atom. The minimum Gasteiger partial charge on any atom is -0.491 e. The topological polar surface area (TPSA) is 68.0 Å². The molecule has 27 heavy (non-hydrogen) atoms. The first-order chi connectivity index (χ1) is 13.1. The summed E-state index contributed by atoms with van der Waals surface area (Å²) in [5.41, 5.74) is 9.11. The molecule has 2 aromatic rings. The molecule has 0 amide bonds. The molecule has 0 aromatic heterocycles. The Labute approximate surface area is 161 Å². The predicted octanol–water partition coefficient (Wildman–Crippen LogP) is 3.10. The van der Waals surface area contributed by atoms with Gasteiger partial charge in [-0.3, -0.25) is 4.90 Å². The largest absolute Gasteiger partial charge is 0.491 e. The van der Waals surface area contributed by atoms with Gasteiger partial charge in [0.05, 0.1) is 25.5 Å². The van der Waals surface area contributed by atoms with Crippen molar-refractivity contribution in [3.63, 3.8) is 0 Å². The second-order valence-electron chi connectivity index (χ2n) is 7.19. The van der Waals surface area contributed by atoms with Crippen LogP contribution in [0.3, 0.4) is 0 Å². The fraction of sp³-hybridized carbons (Fsp3) is 0.455. The number of nitrogens with two attached hydrogens (primary N) is 1. The smallest absolute Gasteiger partial charge is 0.183 e. The Hall–Kier alpha value is -2.24. The summed E-state index contributed by atoms with van der Waals surface area (Å²) in [4.78, 5) is 2.42. The van der Waals surface area contributed by atoms with Crippen LogP contribution in [0.15, 0.2) is 42.5 Å². The van der Waals surface area contributed by atoms with Crippen LogP contribution in [0.5, 0.6) is 11.5 Å². The molecule has 3 N–H and O–H groups in total. The van der Waals surface area contributed by atoms with E-state index < -0.39 is 0 Å². The SMILES string of the molecule is CCOc1cc(CC2CN(Cc3ccccc3)CCC2O)cc(N)c1OC. The first-order valence-electron chi connectivity index (χ1n) is 9.64. The highest BCUT2D eigenvalue weighted by Crippen LogP contribution is 2.36. The van der Waals surface area contributed by atoms with Gasteiger partial charge in [0.25, 0.3) is 0 Å². The Morgan fingerprint density at radius 3 is 2.67 bits per heavy atom. The predicted molar refractivity (Wildman–Crippen MR) is 108 cm³/mol. The third kappa shape index (κ3) is 4.93. The lowest BCUT2D eigenvalue weighted by Gasteiger charge is -2.36. The van der Waals surface area contributed by atoms with Crippen LogP contribution in [0.25, 0.3) is 0 Å². The summed E-state index contributed by atoms with van der Waals surface area (Å²) < 4.78 is 11.1. The highest BCUT2D eigenvalue weighted by atomic mass is 16.5. The molecule has 146 valence electrons. The van der Waals surface area contributed by atoms with Gasteiger partial charge in [0.2, 0.25) is 0 Å². The molecule has 5 heteroatoms. The van der Waals surface area contributed by atoms with Gasteiger partial charge < -0.3 is 20.3 Å². The molecule has 0 aliphatic carbocycles. The number of piperidine rings is 1. The number of rotatable bonds is 7. The monoisotopic (exact) mass is 370 g/mol. The van der Waals surface area contributed by atoms with E-state index in [4.69, 9.17) is 15.2 Å².